The first-order chi connectivity index (χ1) is 11.1. The van der Waals surface area contributed by atoms with E-state index in [2.05, 4.69) is 0 Å². The van der Waals surface area contributed by atoms with Crippen LogP contribution < -0.4 is 4.74 Å². The van der Waals surface area contributed by atoms with Gasteiger partial charge in [-0.25, -0.2) is 0 Å². The summed E-state index contributed by atoms with van der Waals surface area (Å²) in [7, 11) is 0. The molecule has 4 heteroatoms. The van der Waals surface area contributed by atoms with Crippen molar-refractivity contribution in [2.45, 2.75) is 31.3 Å². The molecule has 118 valence electrons. The van der Waals surface area contributed by atoms with Gasteiger partial charge in [0.05, 0.1) is 0 Å². The van der Waals surface area contributed by atoms with Gasteiger partial charge in [0.2, 0.25) is 0 Å². The smallest absolute Gasteiger partial charge is 0.133 e. The van der Waals surface area contributed by atoms with E-state index in [1.165, 1.54) is 0 Å². The first-order valence-corrected chi connectivity index (χ1v) is 7.92. The summed E-state index contributed by atoms with van der Waals surface area (Å²) in [5.74, 6) is 1.71. The van der Waals surface area contributed by atoms with E-state index < -0.39 is 0 Å². The molecular weight excluding hydrogens is 292 g/mol. The van der Waals surface area contributed by atoms with Crippen molar-refractivity contribution in [1.29, 1.82) is 0 Å². The molecule has 1 aliphatic heterocycles. The average Bonchev–Trinajstić information content (AvgIpc) is 2.55. The Morgan fingerprint density at radius 1 is 1.00 bits per heavy atom. The predicted molar refractivity (Wildman–Crippen MR) is 84.7 cm³/mol. The van der Waals surface area contributed by atoms with Crippen LogP contribution in [0.4, 0.5) is 0 Å². The van der Waals surface area contributed by atoms with Crippen LogP contribution in [0.15, 0.2) is 42.5 Å². The van der Waals surface area contributed by atoms with Crippen LogP contribution in [0.2, 0.25) is 0 Å². The summed E-state index contributed by atoms with van der Waals surface area (Å²) < 4.78 is 6.21. The third-order valence-electron chi connectivity index (χ3n) is 4.98. The zero-order valence-corrected chi connectivity index (χ0v) is 12.6. The van der Waals surface area contributed by atoms with Crippen molar-refractivity contribution in [3.63, 3.8) is 0 Å². The number of ether oxygens (including phenoxy) is 1. The summed E-state index contributed by atoms with van der Waals surface area (Å²) in [6, 6.07) is 12.2. The molecule has 2 aromatic carbocycles. The number of carbonyl (C=O) groups is 1. The molecule has 1 saturated carbocycles. The van der Waals surface area contributed by atoms with Gasteiger partial charge in [-0.15, -0.1) is 0 Å². The van der Waals surface area contributed by atoms with Crippen molar-refractivity contribution in [3.05, 3.63) is 53.6 Å². The Hall–Kier alpha value is -2.49. The van der Waals surface area contributed by atoms with Gasteiger partial charge in [-0.1, -0.05) is 12.1 Å². The van der Waals surface area contributed by atoms with Crippen LogP contribution in [0.25, 0.3) is 0 Å². The van der Waals surface area contributed by atoms with Crippen LogP contribution in [0.3, 0.4) is 0 Å². The van der Waals surface area contributed by atoms with Crippen LogP contribution in [-0.2, 0) is 4.79 Å². The Kier molecular flexibility index (Phi) is 3.26. The summed E-state index contributed by atoms with van der Waals surface area (Å²) >= 11 is 0. The van der Waals surface area contributed by atoms with Crippen molar-refractivity contribution in [1.82, 2.24) is 0 Å². The van der Waals surface area contributed by atoms with E-state index in [4.69, 9.17) is 4.74 Å². The largest absolute Gasteiger partial charge is 0.508 e. The van der Waals surface area contributed by atoms with E-state index in [1.54, 1.807) is 30.3 Å². The van der Waals surface area contributed by atoms with Crippen molar-refractivity contribution in [2.75, 3.05) is 0 Å². The average molecular weight is 310 g/mol. The number of hydrogen-bond donors (Lipinski definition) is 2. The number of benzene rings is 2. The summed E-state index contributed by atoms with van der Waals surface area (Å²) in [5, 5.41) is 19.3. The molecule has 0 aromatic heterocycles. The summed E-state index contributed by atoms with van der Waals surface area (Å²) in [4.78, 5) is 12.0. The maximum absolute atomic E-state index is 12.0. The Morgan fingerprint density at radius 2 is 1.74 bits per heavy atom. The second-order valence-corrected chi connectivity index (χ2v) is 6.40. The molecule has 1 aliphatic carbocycles. The Balaban J connectivity index is 1.78. The van der Waals surface area contributed by atoms with E-state index in [0.29, 0.717) is 12.8 Å². The highest BCUT2D eigenvalue weighted by molar-refractivity contribution is 5.80. The molecule has 2 N–H and O–H groups in total. The minimum absolute atomic E-state index is 0.0749. The molecule has 3 atom stereocenters. The second kappa shape index (κ2) is 5.30. The molecule has 2 unspecified atom stereocenters. The highest BCUT2D eigenvalue weighted by atomic mass is 16.5. The second-order valence-electron chi connectivity index (χ2n) is 6.40. The third-order valence-corrected chi connectivity index (χ3v) is 4.98. The number of fused-ring (bicyclic) bond motifs is 3. The lowest BCUT2D eigenvalue weighted by atomic mass is 9.69. The van der Waals surface area contributed by atoms with Gasteiger partial charge >= 0.3 is 0 Å². The highest BCUT2D eigenvalue weighted by Crippen LogP contribution is 2.52. The zero-order valence-electron chi connectivity index (χ0n) is 12.6. The van der Waals surface area contributed by atoms with Gasteiger partial charge in [-0.3, -0.25) is 4.79 Å². The monoisotopic (exact) mass is 310 g/mol. The third kappa shape index (κ3) is 2.44. The molecule has 0 amide bonds. The molecule has 1 heterocycles. The van der Waals surface area contributed by atoms with Crippen LogP contribution in [0.5, 0.6) is 17.2 Å². The molecule has 23 heavy (non-hydrogen) atoms. The number of phenolic OH excluding ortho intramolecular Hbond substituents is 2. The van der Waals surface area contributed by atoms with Crippen molar-refractivity contribution in [2.24, 2.45) is 5.92 Å². The number of aromatic hydroxyl groups is 2. The van der Waals surface area contributed by atoms with Crippen LogP contribution in [-0.4, -0.2) is 16.0 Å². The topological polar surface area (TPSA) is 66.8 Å². The van der Waals surface area contributed by atoms with Gasteiger partial charge in [0.25, 0.3) is 0 Å². The normalized spacial score (nSPS) is 26.1. The van der Waals surface area contributed by atoms with Crippen LogP contribution >= 0.6 is 0 Å². The molecule has 2 aliphatic rings. The number of Topliss-reactive ketones (excluding diaryl/α,β-unsaturated/α-hetero) is 1. The zero-order chi connectivity index (χ0) is 16.0. The number of carbonyl (C=O) groups excluding carboxylic acids is 1. The van der Waals surface area contributed by atoms with Crippen molar-refractivity contribution >= 4 is 5.78 Å². The fourth-order valence-corrected chi connectivity index (χ4v) is 3.87. The van der Waals surface area contributed by atoms with Crippen LogP contribution in [0.1, 0.15) is 42.4 Å². The lowest BCUT2D eigenvalue weighted by Crippen LogP contribution is -2.34. The molecule has 1 fully saturated rings. The van der Waals surface area contributed by atoms with E-state index in [1.807, 2.05) is 12.1 Å². The van der Waals surface area contributed by atoms with Gasteiger partial charge in [-0.2, -0.15) is 0 Å². The van der Waals surface area contributed by atoms with E-state index in [0.717, 1.165) is 23.3 Å². The highest BCUT2D eigenvalue weighted by Gasteiger charge is 2.42. The predicted octanol–water partition coefficient (Wildman–Crippen LogP) is 3.68. The molecule has 0 spiro atoms. The Labute approximate surface area is 134 Å². The fourth-order valence-electron chi connectivity index (χ4n) is 3.87. The van der Waals surface area contributed by atoms with Gasteiger partial charge in [0, 0.05) is 30.2 Å². The maximum Gasteiger partial charge on any atom is 0.133 e. The fraction of sp³-hybridized carbons (Fsp3) is 0.316. The Morgan fingerprint density at radius 3 is 2.52 bits per heavy atom. The molecule has 2 aromatic rings. The first-order valence-electron chi connectivity index (χ1n) is 7.92. The van der Waals surface area contributed by atoms with Gasteiger partial charge < -0.3 is 14.9 Å². The summed E-state index contributed by atoms with van der Waals surface area (Å²) in [6.07, 6.45) is 1.72. The maximum atomic E-state index is 12.0. The molecule has 0 radical (unpaired) electrons. The minimum Gasteiger partial charge on any atom is -0.508 e. The number of phenols is 2. The molecular formula is C19H18O4. The number of hydrogen-bond acceptors (Lipinski definition) is 4. The lowest BCUT2D eigenvalue weighted by Gasteiger charge is -2.42. The molecule has 0 saturated heterocycles. The van der Waals surface area contributed by atoms with E-state index >= 15 is 0 Å². The number of ketones is 1. The van der Waals surface area contributed by atoms with Crippen molar-refractivity contribution < 1.29 is 19.7 Å². The lowest BCUT2D eigenvalue weighted by molar-refractivity contribution is -0.122. The van der Waals surface area contributed by atoms with Gasteiger partial charge in [-0.05, 0) is 42.3 Å². The molecule has 4 rings (SSSR count). The van der Waals surface area contributed by atoms with E-state index in [9.17, 15) is 15.0 Å². The molecule has 0 bridgehead atoms. The first kappa shape index (κ1) is 14.1. The minimum atomic E-state index is -0.134. The van der Waals surface area contributed by atoms with E-state index in [-0.39, 0.29) is 35.2 Å². The van der Waals surface area contributed by atoms with Gasteiger partial charge in [0.15, 0.2) is 0 Å². The van der Waals surface area contributed by atoms with Gasteiger partial charge in [0.1, 0.15) is 29.1 Å². The standard InChI is InChI=1S/C19H18O4/c20-12-3-1-11(2-4-12)19-15-7-5-13(21)9-16(15)17-10-14(22)6-8-18(17)23-19/h1-4,6,8,10,15-16,19-20,22H,5,7,9H2/t15?,16-,19?/m0/s1. The summed E-state index contributed by atoms with van der Waals surface area (Å²) in [6.45, 7) is 0. The molecule has 4 nitrogen and oxygen atoms in total. The quantitative estimate of drug-likeness (QED) is 0.843. The number of rotatable bonds is 1. The van der Waals surface area contributed by atoms with Crippen molar-refractivity contribution in [3.8, 4) is 17.2 Å². The SMILES string of the molecule is O=C1CCC2C(c3ccc(O)cc3)Oc3ccc(O)cc3[C@H]2C1. The summed E-state index contributed by atoms with van der Waals surface area (Å²) in [5.41, 5.74) is 1.93. The van der Waals surface area contributed by atoms with Crippen LogP contribution in [0, 0.1) is 5.92 Å². The Bertz CT molecular complexity index is 750.